The first kappa shape index (κ1) is 15.7. The second kappa shape index (κ2) is 6.05. The van der Waals surface area contributed by atoms with Crippen LogP contribution in [0.15, 0.2) is 29.8 Å². The highest BCUT2D eigenvalue weighted by Crippen LogP contribution is 2.37. The monoisotopic (exact) mass is 371 g/mol. The lowest BCUT2D eigenvalue weighted by molar-refractivity contribution is 0.330. The van der Waals surface area contributed by atoms with E-state index in [-0.39, 0.29) is 11.9 Å². The Morgan fingerprint density at radius 1 is 1.23 bits per heavy atom. The van der Waals surface area contributed by atoms with Crippen LogP contribution in [0.5, 0.6) is 0 Å². The minimum Gasteiger partial charge on any atom is -0.324 e. The van der Waals surface area contributed by atoms with Gasteiger partial charge in [-0.1, -0.05) is 4.49 Å². The molecule has 132 valence electrons. The zero-order valence-electron chi connectivity index (χ0n) is 13.8. The minimum atomic E-state index is -0.809. The van der Waals surface area contributed by atoms with Crippen LogP contribution in [0.25, 0.3) is 21.9 Å². The minimum absolute atomic E-state index is 0.00506. The van der Waals surface area contributed by atoms with Gasteiger partial charge in [0.2, 0.25) is 0 Å². The third kappa shape index (κ3) is 2.56. The van der Waals surface area contributed by atoms with Crippen molar-refractivity contribution in [2.45, 2.75) is 37.9 Å². The summed E-state index contributed by atoms with van der Waals surface area (Å²) in [6, 6.07) is 4.55. The van der Waals surface area contributed by atoms with Crippen molar-refractivity contribution in [2.24, 2.45) is 0 Å². The van der Waals surface area contributed by atoms with Crippen LogP contribution in [0.2, 0.25) is 0 Å². The van der Waals surface area contributed by atoms with Crippen LogP contribution < -0.4 is 0 Å². The number of imidazole rings is 1. The van der Waals surface area contributed by atoms with E-state index in [1.165, 1.54) is 23.7 Å². The van der Waals surface area contributed by atoms with Gasteiger partial charge in [-0.3, -0.25) is 4.98 Å². The van der Waals surface area contributed by atoms with Crippen LogP contribution in [-0.4, -0.2) is 30.3 Å². The summed E-state index contributed by atoms with van der Waals surface area (Å²) in [6.07, 6.45) is 3.14. The number of rotatable bonds is 3. The summed E-state index contributed by atoms with van der Waals surface area (Å²) in [7, 11) is 0. The van der Waals surface area contributed by atoms with Gasteiger partial charge in [0.15, 0.2) is 0 Å². The second-order valence-electron chi connectivity index (χ2n) is 6.69. The molecule has 8 heteroatoms. The molecule has 1 aliphatic carbocycles. The number of pyridine rings is 1. The van der Waals surface area contributed by atoms with Crippen LogP contribution in [-0.2, 0) is 6.42 Å². The molecule has 5 rings (SSSR count). The van der Waals surface area contributed by atoms with Gasteiger partial charge in [-0.2, -0.15) is 0 Å². The number of alkyl halides is 1. The van der Waals surface area contributed by atoms with E-state index in [4.69, 9.17) is 4.98 Å². The molecule has 0 spiro atoms. The first-order chi connectivity index (χ1) is 12.7. The third-order valence-corrected chi connectivity index (χ3v) is 5.55. The lowest BCUT2D eigenvalue weighted by Crippen LogP contribution is -2.11. The van der Waals surface area contributed by atoms with Gasteiger partial charge in [0, 0.05) is 16.8 Å². The van der Waals surface area contributed by atoms with E-state index in [1.807, 2.05) is 5.38 Å². The van der Waals surface area contributed by atoms with E-state index in [0.717, 1.165) is 23.5 Å². The van der Waals surface area contributed by atoms with Gasteiger partial charge < -0.3 is 4.57 Å². The first-order valence-electron chi connectivity index (χ1n) is 8.54. The Labute approximate surface area is 151 Å². The molecule has 1 fully saturated rings. The lowest BCUT2D eigenvalue weighted by atomic mass is 10.1. The zero-order valence-corrected chi connectivity index (χ0v) is 14.6. The predicted octanol–water partition coefficient (Wildman–Crippen LogP) is 4.23. The molecule has 2 atom stereocenters. The van der Waals surface area contributed by atoms with Crippen LogP contribution in [0.4, 0.5) is 8.78 Å². The molecule has 1 aliphatic rings. The summed E-state index contributed by atoms with van der Waals surface area (Å²) in [4.78, 5) is 9.13. The zero-order chi connectivity index (χ0) is 17.7. The van der Waals surface area contributed by atoms with Crippen molar-refractivity contribution in [3.05, 3.63) is 47.1 Å². The molecule has 0 aliphatic heterocycles. The Balaban J connectivity index is 1.77. The normalized spacial score (nSPS) is 20.4. The summed E-state index contributed by atoms with van der Waals surface area (Å²) < 4.78 is 33.8. The fraction of sp³-hybridized carbons (Fsp3) is 0.333. The number of nitrogens with zero attached hydrogens (tertiary/aromatic N) is 5. The first-order valence-corrected chi connectivity index (χ1v) is 9.38. The Kier molecular flexibility index (Phi) is 3.66. The number of hydrogen-bond donors (Lipinski definition) is 0. The molecule has 5 nitrogen and oxygen atoms in total. The standard InChI is InChI=1S/C18H15F2N5S/c19-10-1-3-13(5-10)25-17(7-12-9-26-24-23-12)22-16-8-21-15-4-2-11(20)6-14(15)18(16)25/h2,4,6,8-10,13H,1,3,5,7H2/t10-,13+/m1/s1. The largest absolute Gasteiger partial charge is 0.324 e. The lowest BCUT2D eigenvalue weighted by Gasteiger charge is -2.17. The van der Waals surface area contributed by atoms with Gasteiger partial charge in [-0.05, 0) is 49.0 Å². The number of aromatic nitrogens is 5. The molecule has 1 aromatic carbocycles. The van der Waals surface area contributed by atoms with Crippen molar-refractivity contribution < 1.29 is 8.78 Å². The summed E-state index contributed by atoms with van der Waals surface area (Å²) in [5.41, 5.74) is 3.05. The average molecular weight is 371 g/mol. The predicted molar refractivity (Wildman–Crippen MR) is 95.5 cm³/mol. The second-order valence-corrected chi connectivity index (χ2v) is 7.30. The van der Waals surface area contributed by atoms with Crippen LogP contribution >= 0.6 is 11.5 Å². The molecule has 0 saturated heterocycles. The molecule has 3 heterocycles. The highest BCUT2D eigenvalue weighted by Gasteiger charge is 2.29. The Morgan fingerprint density at radius 3 is 2.92 bits per heavy atom. The molecule has 0 radical (unpaired) electrons. The van der Waals surface area contributed by atoms with Crippen LogP contribution in [0.3, 0.4) is 0 Å². The van der Waals surface area contributed by atoms with Gasteiger partial charge in [0.1, 0.15) is 23.3 Å². The number of hydrogen-bond acceptors (Lipinski definition) is 5. The highest BCUT2D eigenvalue weighted by atomic mass is 32.1. The van der Waals surface area contributed by atoms with Crippen LogP contribution in [0.1, 0.15) is 36.8 Å². The summed E-state index contributed by atoms with van der Waals surface area (Å²) in [5.74, 6) is 0.477. The van der Waals surface area contributed by atoms with Crippen molar-refractivity contribution in [2.75, 3.05) is 0 Å². The van der Waals surface area contributed by atoms with E-state index >= 15 is 0 Å². The maximum atomic E-state index is 13.9. The Bertz CT molecular complexity index is 1090. The van der Waals surface area contributed by atoms with Crippen molar-refractivity contribution in [3.63, 3.8) is 0 Å². The molecular formula is C18H15F2N5S. The molecule has 4 aromatic rings. The SMILES string of the molecule is Fc1ccc2ncc3nc(Cc4csnn4)n([C@H]4CC[C@@H](F)C4)c3c2c1. The fourth-order valence-corrected chi connectivity index (χ4v) is 4.33. The summed E-state index contributed by atoms with van der Waals surface area (Å²) in [6.45, 7) is 0. The molecule has 0 amide bonds. The summed E-state index contributed by atoms with van der Waals surface area (Å²) >= 11 is 1.29. The molecule has 0 N–H and O–H groups in total. The topological polar surface area (TPSA) is 56.5 Å². The Morgan fingerprint density at radius 2 is 2.15 bits per heavy atom. The average Bonchev–Trinajstić information content (AvgIpc) is 3.35. The van der Waals surface area contributed by atoms with Crippen LogP contribution in [0, 0.1) is 5.82 Å². The van der Waals surface area contributed by atoms with Gasteiger partial charge in [-0.25, -0.2) is 13.8 Å². The van der Waals surface area contributed by atoms with Crippen molar-refractivity contribution in [1.82, 2.24) is 24.1 Å². The smallest absolute Gasteiger partial charge is 0.124 e. The van der Waals surface area contributed by atoms with Crippen molar-refractivity contribution >= 4 is 33.5 Å². The van der Waals surface area contributed by atoms with E-state index in [9.17, 15) is 8.78 Å². The molecule has 0 unspecified atom stereocenters. The van der Waals surface area contributed by atoms with E-state index in [1.54, 1.807) is 12.3 Å². The number of benzene rings is 1. The molecule has 1 saturated carbocycles. The van der Waals surface area contributed by atoms with Gasteiger partial charge in [0.25, 0.3) is 0 Å². The quantitative estimate of drug-likeness (QED) is 0.541. The molecule has 3 aromatic heterocycles. The number of fused-ring (bicyclic) bond motifs is 3. The van der Waals surface area contributed by atoms with Crippen molar-refractivity contribution in [3.8, 4) is 0 Å². The maximum Gasteiger partial charge on any atom is 0.124 e. The molecule has 26 heavy (non-hydrogen) atoms. The van der Waals surface area contributed by atoms with E-state index < -0.39 is 6.17 Å². The number of halogens is 2. The van der Waals surface area contributed by atoms with Gasteiger partial charge >= 0.3 is 0 Å². The Hall–Kier alpha value is -2.48. The summed E-state index contributed by atoms with van der Waals surface area (Å²) in [5, 5.41) is 6.70. The highest BCUT2D eigenvalue weighted by molar-refractivity contribution is 7.03. The van der Waals surface area contributed by atoms with E-state index in [0.29, 0.717) is 35.7 Å². The molecule has 0 bridgehead atoms. The third-order valence-electron chi connectivity index (χ3n) is 5.00. The fourth-order valence-electron chi connectivity index (χ4n) is 3.88. The maximum absolute atomic E-state index is 13.9. The van der Waals surface area contributed by atoms with E-state index in [2.05, 4.69) is 19.1 Å². The van der Waals surface area contributed by atoms with Crippen molar-refractivity contribution in [1.29, 1.82) is 0 Å². The van der Waals surface area contributed by atoms with Gasteiger partial charge in [-0.15, -0.1) is 5.10 Å². The van der Waals surface area contributed by atoms with Gasteiger partial charge in [0.05, 0.1) is 29.3 Å². The molecular weight excluding hydrogens is 356 g/mol.